The number of carbonyl (C=O) groups is 1. The Morgan fingerprint density at radius 3 is 2.39 bits per heavy atom. The van der Waals surface area contributed by atoms with Gasteiger partial charge in [0.2, 0.25) is 5.91 Å². The van der Waals surface area contributed by atoms with Crippen molar-refractivity contribution in [2.24, 2.45) is 0 Å². The van der Waals surface area contributed by atoms with Gasteiger partial charge in [-0.05, 0) is 30.4 Å². The molecular weight excluding hydrogens is 226 g/mol. The number of aliphatic hydroxyl groups is 1. The van der Waals surface area contributed by atoms with E-state index in [9.17, 15) is 9.90 Å². The van der Waals surface area contributed by atoms with Gasteiger partial charge in [-0.15, -0.1) is 0 Å². The van der Waals surface area contributed by atoms with E-state index in [1.165, 1.54) is 11.1 Å². The molecule has 1 amide bonds. The number of aliphatic hydroxyl groups excluding tert-OH is 1. The Labute approximate surface area is 108 Å². The van der Waals surface area contributed by atoms with E-state index in [0.29, 0.717) is 13.0 Å². The van der Waals surface area contributed by atoms with E-state index in [-0.39, 0.29) is 12.3 Å². The molecule has 98 valence electrons. The first-order valence-corrected chi connectivity index (χ1v) is 6.76. The van der Waals surface area contributed by atoms with Crippen LogP contribution in [0.1, 0.15) is 37.8 Å². The smallest absolute Gasteiger partial charge is 0.229 e. The molecule has 1 saturated heterocycles. The van der Waals surface area contributed by atoms with Crippen LogP contribution in [-0.2, 0) is 17.6 Å². The van der Waals surface area contributed by atoms with E-state index in [2.05, 4.69) is 32.0 Å². The second-order valence-electron chi connectivity index (χ2n) is 4.82. The summed E-state index contributed by atoms with van der Waals surface area (Å²) in [6, 6.07) is 6.24. The quantitative estimate of drug-likeness (QED) is 0.890. The van der Waals surface area contributed by atoms with Gasteiger partial charge >= 0.3 is 0 Å². The minimum Gasteiger partial charge on any atom is -0.393 e. The van der Waals surface area contributed by atoms with Crippen molar-refractivity contribution in [3.8, 4) is 0 Å². The Morgan fingerprint density at radius 1 is 1.28 bits per heavy atom. The van der Waals surface area contributed by atoms with Crippen LogP contribution >= 0.6 is 0 Å². The van der Waals surface area contributed by atoms with Crippen molar-refractivity contribution in [1.82, 2.24) is 0 Å². The van der Waals surface area contributed by atoms with Crippen molar-refractivity contribution in [1.29, 1.82) is 0 Å². The lowest BCUT2D eigenvalue weighted by atomic mass is 9.98. The number of carbonyl (C=O) groups excluding carboxylic acids is 1. The van der Waals surface area contributed by atoms with Crippen LogP contribution < -0.4 is 4.90 Å². The van der Waals surface area contributed by atoms with Gasteiger partial charge in [0.1, 0.15) is 0 Å². The van der Waals surface area contributed by atoms with E-state index < -0.39 is 6.10 Å². The molecule has 1 atom stereocenters. The van der Waals surface area contributed by atoms with Crippen molar-refractivity contribution in [2.75, 3.05) is 11.4 Å². The molecule has 0 aromatic heterocycles. The molecule has 1 aliphatic rings. The Balaban J connectivity index is 2.40. The molecule has 0 bridgehead atoms. The monoisotopic (exact) mass is 247 g/mol. The fourth-order valence-corrected chi connectivity index (χ4v) is 2.61. The lowest BCUT2D eigenvalue weighted by Gasteiger charge is -2.32. The molecule has 1 unspecified atom stereocenters. The van der Waals surface area contributed by atoms with Gasteiger partial charge in [0.25, 0.3) is 0 Å². The van der Waals surface area contributed by atoms with E-state index in [1.54, 1.807) is 0 Å². The highest BCUT2D eigenvalue weighted by Crippen LogP contribution is 2.30. The van der Waals surface area contributed by atoms with Gasteiger partial charge in [0.05, 0.1) is 12.5 Å². The molecule has 1 aliphatic heterocycles. The highest BCUT2D eigenvalue weighted by atomic mass is 16.3. The number of benzene rings is 1. The zero-order valence-corrected chi connectivity index (χ0v) is 11.1. The number of aryl methyl sites for hydroxylation is 2. The molecule has 2 rings (SSSR count). The minimum atomic E-state index is -0.465. The predicted octanol–water partition coefficient (Wildman–Crippen LogP) is 2.30. The summed E-state index contributed by atoms with van der Waals surface area (Å²) in [4.78, 5) is 14.0. The third-order valence-electron chi connectivity index (χ3n) is 3.63. The van der Waals surface area contributed by atoms with E-state index in [1.807, 2.05) is 4.90 Å². The van der Waals surface area contributed by atoms with Gasteiger partial charge in [0.15, 0.2) is 0 Å². The van der Waals surface area contributed by atoms with Crippen molar-refractivity contribution >= 4 is 11.6 Å². The summed E-state index contributed by atoms with van der Waals surface area (Å²) in [6.07, 6.45) is 2.31. The largest absolute Gasteiger partial charge is 0.393 e. The number of rotatable bonds is 3. The molecular formula is C15H21NO2. The van der Waals surface area contributed by atoms with Crippen LogP contribution in [0.4, 0.5) is 5.69 Å². The third kappa shape index (κ3) is 2.41. The molecule has 1 aromatic carbocycles. The molecule has 3 nitrogen and oxygen atoms in total. The topological polar surface area (TPSA) is 40.5 Å². The average molecular weight is 247 g/mol. The van der Waals surface area contributed by atoms with Crippen LogP contribution in [0, 0.1) is 0 Å². The van der Waals surface area contributed by atoms with Crippen LogP contribution in [0.5, 0.6) is 0 Å². The molecule has 0 radical (unpaired) electrons. The molecule has 0 spiro atoms. The number of amides is 1. The molecule has 1 aromatic rings. The number of anilines is 1. The maximum absolute atomic E-state index is 12.1. The molecule has 3 heteroatoms. The second-order valence-corrected chi connectivity index (χ2v) is 4.82. The Bertz CT molecular complexity index is 420. The molecule has 18 heavy (non-hydrogen) atoms. The van der Waals surface area contributed by atoms with Crippen LogP contribution in [0.15, 0.2) is 18.2 Å². The first-order valence-electron chi connectivity index (χ1n) is 6.76. The van der Waals surface area contributed by atoms with E-state index in [4.69, 9.17) is 0 Å². The standard InChI is InChI=1S/C15H21NO2/c1-3-11-6-5-7-12(4-2)15(11)16-9-8-13(17)10-14(16)18/h5-7,13,17H,3-4,8-10H2,1-2H3. The van der Waals surface area contributed by atoms with Crippen molar-refractivity contribution in [3.63, 3.8) is 0 Å². The van der Waals surface area contributed by atoms with Gasteiger partial charge < -0.3 is 10.0 Å². The number of piperidine rings is 1. The van der Waals surface area contributed by atoms with Gasteiger partial charge in [-0.1, -0.05) is 32.0 Å². The van der Waals surface area contributed by atoms with Gasteiger partial charge in [-0.2, -0.15) is 0 Å². The van der Waals surface area contributed by atoms with Crippen molar-refractivity contribution in [3.05, 3.63) is 29.3 Å². The number of para-hydroxylation sites is 1. The summed E-state index contributed by atoms with van der Waals surface area (Å²) in [5.41, 5.74) is 3.53. The molecule has 1 fully saturated rings. The summed E-state index contributed by atoms with van der Waals surface area (Å²) in [5.74, 6) is 0.0457. The molecule has 0 aliphatic carbocycles. The van der Waals surface area contributed by atoms with Crippen molar-refractivity contribution in [2.45, 2.75) is 45.6 Å². The normalized spacial score (nSPS) is 20.3. The Hall–Kier alpha value is -1.35. The lowest BCUT2D eigenvalue weighted by molar-refractivity contribution is -0.122. The fraction of sp³-hybridized carbons (Fsp3) is 0.533. The van der Waals surface area contributed by atoms with Gasteiger partial charge in [-0.3, -0.25) is 4.79 Å². The fourth-order valence-electron chi connectivity index (χ4n) is 2.61. The summed E-state index contributed by atoms with van der Waals surface area (Å²) < 4.78 is 0. The van der Waals surface area contributed by atoms with Crippen LogP contribution in [0.3, 0.4) is 0 Å². The zero-order valence-electron chi connectivity index (χ0n) is 11.1. The summed E-state index contributed by atoms with van der Waals surface area (Å²) >= 11 is 0. The SMILES string of the molecule is CCc1cccc(CC)c1N1CCC(O)CC1=O. The second kappa shape index (κ2) is 5.53. The van der Waals surface area contributed by atoms with Crippen LogP contribution in [0.2, 0.25) is 0 Å². The molecule has 0 saturated carbocycles. The van der Waals surface area contributed by atoms with Gasteiger partial charge in [-0.25, -0.2) is 0 Å². The van der Waals surface area contributed by atoms with Crippen LogP contribution in [-0.4, -0.2) is 23.7 Å². The highest BCUT2D eigenvalue weighted by Gasteiger charge is 2.27. The summed E-state index contributed by atoms with van der Waals surface area (Å²) in [6.45, 7) is 4.85. The number of hydrogen-bond acceptors (Lipinski definition) is 2. The first-order chi connectivity index (χ1) is 8.67. The van der Waals surface area contributed by atoms with Gasteiger partial charge in [0, 0.05) is 12.2 Å². The minimum absolute atomic E-state index is 0.0457. The first kappa shape index (κ1) is 13.1. The van der Waals surface area contributed by atoms with Crippen LogP contribution in [0.25, 0.3) is 0 Å². The highest BCUT2D eigenvalue weighted by molar-refractivity contribution is 5.96. The molecule has 1 N–H and O–H groups in total. The average Bonchev–Trinajstić information content (AvgIpc) is 2.38. The van der Waals surface area contributed by atoms with Crippen molar-refractivity contribution < 1.29 is 9.90 Å². The van der Waals surface area contributed by atoms with E-state index in [0.717, 1.165) is 18.5 Å². The zero-order chi connectivity index (χ0) is 13.1. The third-order valence-corrected chi connectivity index (χ3v) is 3.63. The number of hydrogen-bond donors (Lipinski definition) is 1. The maximum atomic E-state index is 12.1. The Morgan fingerprint density at radius 2 is 1.89 bits per heavy atom. The van der Waals surface area contributed by atoms with E-state index >= 15 is 0 Å². The number of nitrogens with zero attached hydrogens (tertiary/aromatic N) is 1. The summed E-state index contributed by atoms with van der Waals surface area (Å²) in [7, 11) is 0. The Kier molecular flexibility index (Phi) is 4.02. The predicted molar refractivity (Wildman–Crippen MR) is 72.8 cm³/mol. The summed E-state index contributed by atoms with van der Waals surface area (Å²) in [5, 5.41) is 9.55. The maximum Gasteiger partial charge on any atom is 0.229 e. The molecule has 1 heterocycles. The lowest BCUT2D eigenvalue weighted by Crippen LogP contribution is -2.41.